The SMILES string of the molecule is CN(C)CCN1CCC[N+]([O-])(c2ccc(NC(=O)c3ccccc3-c3ccccc3)cc2)C2=C1C=CCC2. The van der Waals surface area contributed by atoms with E-state index in [0.29, 0.717) is 23.5 Å². The summed E-state index contributed by atoms with van der Waals surface area (Å²) in [7, 11) is 4.16. The monoisotopic (exact) mass is 508 g/mol. The summed E-state index contributed by atoms with van der Waals surface area (Å²) in [5, 5.41) is 17.5. The molecule has 2 aliphatic rings. The number of nitrogens with one attached hydrogen (secondary N) is 1. The van der Waals surface area contributed by atoms with E-state index in [1.807, 2.05) is 78.9 Å². The molecule has 5 rings (SSSR count). The van der Waals surface area contributed by atoms with Crippen LogP contribution in [0.25, 0.3) is 11.1 Å². The zero-order chi connectivity index (χ0) is 26.5. The van der Waals surface area contributed by atoms with Gasteiger partial charge in [-0.1, -0.05) is 54.6 Å². The van der Waals surface area contributed by atoms with Gasteiger partial charge < -0.3 is 20.3 Å². The minimum atomic E-state index is -0.427. The highest BCUT2D eigenvalue weighted by molar-refractivity contribution is 6.08. The first-order valence-electron chi connectivity index (χ1n) is 13.4. The summed E-state index contributed by atoms with van der Waals surface area (Å²) in [6.45, 7) is 3.26. The number of hydroxylamine groups is 2. The fourth-order valence-corrected chi connectivity index (χ4v) is 5.40. The quantitative estimate of drug-likeness (QED) is 0.303. The van der Waals surface area contributed by atoms with Crippen molar-refractivity contribution in [3.05, 3.63) is 113 Å². The van der Waals surface area contributed by atoms with Gasteiger partial charge in [-0.3, -0.25) is 9.44 Å². The first-order chi connectivity index (χ1) is 18.5. The topological polar surface area (TPSA) is 58.6 Å². The van der Waals surface area contributed by atoms with Crippen molar-refractivity contribution in [1.29, 1.82) is 0 Å². The van der Waals surface area contributed by atoms with Gasteiger partial charge in [0.05, 0.1) is 12.2 Å². The van der Waals surface area contributed by atoms with E-state index >= 15 is 0 Å². The molecule has 1 aliphatic carbocycles. The van der Waals surface area contributed by atoms with Crippen LogP contribution in [-0.2, 0) is 0 Å². The van der Waals surface area contributed by atoms with Gasteiger partial charge in [0.1, 0.15) is 11.4 Å². The highest BCUT2D eigenvalue weighted by Gasteiger charge is 2.34. The third kappa shape index (κ3) is 5.43. The Balaban J connectivity index is 1.38. The molecule has 0 spiro atoms. The van der Waals surface area contributed by atoms with E-state index in [9.17, 15) is 10.0 Å². The molecule has 1 heterocycles. The first-order valence-corrected chi connectivity index (χ1v) is 13.4. The number of carbonyl (C=O) groups excluding carboxylic acids is 1. The van der Waals surface area contributed by atoms with Crippen molar-refractivity contribution in [3.8, 4) is 11.1 Å². The molecule has 196 valence electrons. The van der Waals surface area contributed by atoms with E-state index in [4.69, 9.17) is 0 Å². The van der Waals surface area contributed by atoms with Gasteiger partial charge in [0.15, 0.2) is 0 Å². The second-order valence-electron chi connectivity index (χ2n) is 10.3. The molecule has 0 saturated heterocycles. The van der Waals surface area contributed by atoms with Gasteiger partial charge in [-0.15, -0.1) is 0 Å². The molecule has 1 unspecified atom stereocenters. The Morgan fingerprint density at radius 3 is 2.50 bits per heavy atom. The number of anilines is 1. The summed E-state index contributed by atoms with van der Waals surface area (Å²) in [6.07, 6.45) is 6.80. The van der Waals surface area contributed by atoms with Gasteiger partial charge in [0.2, 0.25) is 0 Å². The van der Waals surface area contributed by atoms with E-state index < -0.39 is 4.65 Å². The van der Waals surface area contributed by atoms with Crippen molar-refractivity contribution < 1.29 is 4.79 Å². The molecule has 1 N–H and O–H groups in total. The van der Waals surface area contributed by atoms with Crippen LogP contribution >= 0.6 is 0 Å². The number of benzene rings is 3. The normalized spacial score (nSPS) is 19.3. The molecule has 6 nitrogen and oxygen atoms in total. The number of rotatable bonds is 7. The van der Waals surface area contributed by atoms with Crippen molar-refractivity contribution in [2.75, 3.05) is 45.6 Å². The van der Waals surface area contributed by atoms with Gasteiger partial charge in [-0.25, -0.2) is 0 Å². The van der Waals surface area contributed by atoms with Crippen LogP contribution < -0.4 is 9.96 Å². The minimum Gasteiger partial charge on any atom is -0.622 e. The molecule has 3 aromatic rings. The van der Waals surface area contributed by atoms with Gasteiger partial charge in [-0.05, 0) is 55.9 Å². The standard InChI is InChI=1S/C32H36N4O2/c1-34(2)22-23-35-21-10-24-36(38,31-16-9-8-15-30(31)35)27-19-17-26(18-20-27)33-32(37)29-14-7-6-13-28(29)25-11-4-3-5-12-25/h3-8,11-15,17-20H,9-10,16,21-24H2,1-2H3,(H,33,37). The predicted molar refractivity (Wildman–Crippen MR) is 156 cm³/mol. The van der Waals surface area contributed by atoms with E-state index in [1.54, 1.807) is 0 Å². The summed E-state index contributed by atoms with van der Waals surface area (Å²) >= 11 is 0. The van der Waals surface area contributed by atoms with Crippen LogP contribution in [0.1, 0.15) is 29.6 Å². The zero-order valence-corrected chi connectivity index (χ0v) is 22.3. The van der Waals surface area contributed by atoms with E-state index in [1.165, 1.54) is 0 Å². The van der Waals surface area contributed by atoms with Crippen LogP contribution in [-0.4, -0.2) is 56.0 Å². The molecule has 38 heavy (non-hydrogen) atoms. The molecule has 0 radical (unpaired) electrons. The highest BCUT2D eigenvalue weighted by Crippen LogP contribution is 2.38. The summed E-state index contributed by atoms with van der Waals surface area (Å²) in [5.74, 6) is -0.169. The Hall–Kier alpha value is -3.71. The Kier molecular flexibility index (Phi) is 7.74. The van der Waals surface area contributed by atoms with Crippen molar-refractivity contribution in [3.63, 3.8) is 0 Å². The number of allylic oxidation sites excluding steroid dienone is 3. The average molecular weight is 509 g/mol. The molecule has 3 aromatic carbocycles. The number of amides is 1. The average Bonchev–Trinajstić information content (AvgIpc) is 3.09. The predicted octanol–water partition coefficient (Wildman–Crippen LogP) is 6.24. The third-order valence-electron chi connectivity index (χ3n) is 7.41. The molecular weight excluding hydrogens is 472 g/mol. The lowest BCUT2D eigenvalue weighted by Gasteiger charge is -2.44. The lowest BCUT2D eigenvalue weighted by atomic mass is 9.99. The maximum absolute atomic E-state index is 14.5. The van der Waals surface area contributed by atoms with E-state index in [0.717, 1.165) is 61.4 Å². The summed E-state index contributed by atoms with van der Waals surface area (Å²) in [4.78, 5) is 17.8. The van der Waals surface area contributed by atoms with Crippen molar-refractivity contribution >= 4 is 17.3 Å². The smallest absolute Gasteiger partial charge is 0.256 e. The summed E-state index contributed by atoms with van der Waals surface area (Å²) in [5.41, 5.74) is 5.91. The molecule has 0 fully saturated rings. The number of quaternary nitrogens is 1. The molecule has 0 bridgehead atoms. The van der Waals surface area contributed by atoms with Crippen LogP contribution in [0, 0.1) is 5.21 Å². The molecule has 0 saturated carbocycles. The molecule has 6 heteroatoms. The fraction of sp³-hybridized carbons (Fsp3) is 0.281. The van der Waals surface area contributed by atoms with Crippen molar-refractivity contribution in [1.82, 2.24) is 14.4 Å². The van der Waals surface area contributed by atoms with Gasteiger partial charge in [-0.2, -0.15) is 0 Å². The van der Waals surface area contributed by atoms with E-state index in [2.05, 4.69) is 41.4 Å². The minimum absolute atomic E-state index is 0.169. The lowest BCUT2D eigenvalue weighted by molar-refractivity contribution is 0.102. The second-order valence-corrected chi connectivity index (χ2v) is 10.3. The van der Waals surface area contributed by atoms with Gasteiger partial charge in [0, 0.05) is 55.9 Å². The number of hydrogen-bond acceptors (Lipinski definition) is 4. The first kappa shape index (κ1) is 25.9. The van der Waals surface area contributed by atoms with Crippen molar-refractivity contribution in [2.24, 2.45) is 0 Å². The molecular formula is C32H36N4O2. The van der Waals surface area contributed by atoms with Crippen LogP contribution in [0.3, 0.4) is 0 Å². The van der Waals surface area contributed by atoms with Gasteiger partial charge >= 0.3 is 0 Å². The Labute approximate surface area is 225 Å². The highest BCUT2D eigenvalue weighted by atomic mass is 16.5. The number of hydrogen-bond donors (Lipinski definition) is 1. The zero-order valence-electron chi connectivity index (χ0n) is 22.3. The van der Waals surface area contributed by atoms with Gasteiger partial charge in [0.25, 0.3) is 5.91 Å². The van der Waals surface area contributed by atoms with Crippen LogP contribution in [0.4, 0.5) is 11.4 Å². The lowest BCUT2D eigenvalue weighted by Crippen LogP contribution is -2.43. The number of nitrogens with zero attached hydrogens (tertiary/aromatic N) is 3. The fourth-order valence-electron chi connectivity index (χ4n) is 5.40. The van der Waals surface area contributed by atoms with Crippen LogP contribution in [0.15, 0.2) is 102 Å². The molecule has 1 atom stereocenters. The summed E-state index contributed by atoms with van der Waals surface area (Å²) in [6, 6.07) is 25.0. The van der Waals surface area contributed by atoms with Crippen LogP contribution in [0.5, 0.6) is 0 Å². The Bertz CT molecular complexity index is 1330. The van der Waals surface area contributed by atoms with E-state index in [-0.39, 0.29) is 5.91 Å². The number of carbonyl (C=O) groups is 1. The van der Waals surface area contributed by atoms with Crippen molar-refractivity contribution in [2.45, 2.75) is 19.3 Å². The maximum Gasteiger partial charge on any atom is 0.256 e. The Morgan fingerprint density at radius 1 is 1.00 bits per heavy atom. The molecule has 1 aliphatic heterocycles. The van der Waals surface area contributed by atoms with Crippen LogP contribution in [0.2, 0.25) is 0 Å². The summed E-state index contributed by atoms with van der Waals surface area (Å²) < 4.78 is -0.427. The molecule has 1 amide bonds. The molecule has 0 aromatic heterocycles. The number of likely N-dealkylation sites (N-methyl/N-ethyl adjacent to an activating group) is 1. The maximum atomic E-state index is 14.5. The largest absolute Gasteiger partial charge is 0.622 e. The second kappa shape index (κ2) is 11.4. The third-order valence-corrected chi connectivity index (χ3v) is 7.41. The Morgan fingerprint density at radius 2 is 1.74 bits per heavy atom.